The average Bonchev–Trinajstić information content (AvgIpc) is 2.73. The molecule has 0 bridgehead atoms. The number of Topliss-reactive ketones (excluding diaryl/α,β-unsaturated/α-hetero) is 1. The minimum atomic E-state index is -0.431. The number of ether oxygens (including phenoxy) is 2. The minimum Gasteiger partial charge on any atom is -0.496 e. The number of nitrogens with zero attached hydrogens (tertiary/aromatic N) is 1. The highest BCUT2D eigenvalue weighted by atomic mass is 16.5. The summed E-state index contributed by atoms with van der Waals surface area (Å²) in [5.41, 5.74) is 3.66. The van der Waals surface area contributed by atoms with Gasteiger partial charge in [-0.05, 0) is 35.9 Å². The summed E-state index contributed by atoms with van der Waals surface area (Å²) in [6.45, 7) is 0. The lowest BCUT2D eigenvalue weighted by molar-refractivity contribution is 0.0600. The number of benzene rings is 2. The number of carbonyl (C=O) groups excluding carboxylic acids is 2. The number of hydrogen-bond donors (Lipinski definition) is 0. The van der Waals surface area contributed by atoms with Gasteiger partial charge in [-0.25, -0.2) is 4.79 Å². The van der Waals surface area contributed by atoms with E-state index in [-0.39, 0.29) is 12.2 Å². The number of methoxy groups -OCH3 is 2. The second kappa shape index (κ2) is 8.27. The number of rotatable bonds is 6. The zero-order valence-corrected chi connectivity index (χ0v) is 15.1. The highest BCUT2D eigenvalue weighted by Crippen LogP contribution is 2.27. The van der Waals surface area contributed by atoms with E-state index in [9.17, 15) is 9.59 Å². The Morgan fingerprint density at radius 3 is 2.30 bits per heavy atom. The first-order chi connectivity index (χ1) is 13.1. The van der Waals surface area contributed by atoms with Crippen LogP contribution in [-0.4, -0.2) is 31.0 Å². The van der Waals surface area contributed by atoms with Gasteiger partial charge in [0.05, 0.1) is 19.8 Å². The van der Waals surface area contributed by atoms with Gasteiger partial charge in [-0.2, -0.15) is 0 Å². The third kappa shape index (κ3) is 4.20. The first kappa shape index (κ1) is 18.3. The molecule has 1 aromatic heterocycles. The Kier molecular flexibility index (Phi) is 5.61. The molecule has 3 rings (SSSR count). The highest BCUT2D eigenvalue weighted by Gasteiger charge is 2.14. The van der Waals surface area contributed by atoms with Crippen LogP contribution in [0.25, 0.3) is 11.1 Å². The number of hydrogen-bond acceptors (Lipinski definition) is 5. The van der Waals surface area contributed by atoms with Crippen LogP contribution in [0.1, 0.15) is 26.3 Å². The second-order valence-corrected chi connectivity index (χ2v) is 5.94. The fraction of sp³-hybridized carbons (Fsp3) is 0.136. The Morgan fingerprint density at radius 1 is 0.926 bits per heavy atom. The van der Waals surface area contributed by atoms with Crippen molar-refractivity contribution in [1.29, 1.82) is 0 Å². The van der Waals surface area contributed by atoms with Crippen molar-refractivity contribution in [2.75, 3.05) is 14.2 Å². The van der Waals surface area contributed by atoms with Gasteiger partial charge >= 0.3 is 5.97 Å². The summed E-state index contributed by atoms with van der Waals surface area (Å²) in [5.74, 6) is 0.162. The van der Waals surface area contributed by atoms with Crippen LogP contribution in [-0.2, 0) is 11.2 Å². The van der Waals surface area contributed by atoms with Crippen LogP contribution < -0.4 is 4.74 Å². The molecule has 0 unspecified atom stereocenters. The van der Waals surface area contributed by atoms with Crippen molar-refractivity contribution in [2.24, 2.45) is 0 Å². The molecule has 27 heavy (non-hydrogen) atoms. The summed E-state index contributed by atoms with van der Waals surface area (Å²) < 4.78 is 10.1. The number of pyridine rings is 1. The van der Waals surface area contributed by atoms with Crippen LogP contribution >= 0.6 is 0 Å². The maximum Gasteiger partial charge on any atom is 0.337 e. The van der Waals surface area contributed by atoms with E-state index in [4.69, 9.17) is 4.74 Å². The minimum absolute atomic E-state index is 0.0620. The van der Waals surface area contributed by atoms with E-state index in [1.165, 1.54) is 7.11 Å². The van der Waals surface area contributed by atoms with Crippen molar-refractivity contribution in [2.45, 2.75) is 6.42 Å². The van der Waals surface area contributed by atoms with E-state index < -0.39 is 5.97 Å². The lowest BCUT2D eigenvalue weighted by Gasteiger charge is -2.11. The molecular weight excluding hydrogens is 342 g/mol. The fourth-order valence-electron chi connectivity index (χ4n) is 2.81. The molecule has 2 aromatic carbocycles. The van der Waals surface area contributed by atoms with Gasteiger partial charge in [0.15, 0.2) is 5.78 Å². The summed E-state index contributed by atoms with van der Waals surface area (Å²) in [6, 6.07) is 16.0. The molecule has 0 fully saturated rings. The maximum atomic E-state index is 12.7. The quantitative estimate of drug-likeness (QED) is 0.491. The predicted molar refractivity (Wildman–Crippen MR) is 102 cm³/mol. The third-order valence-corrected chi connectivity index (χ3v) is 4.25. The van der Waals surface area contributed by atoms with Crippen LogP contribution in [0.4, 0.5) is 0 Å². The molecule has 0 saturated carbocycles. The van der Waals surface area contributed by atoms with E-state index in [1.807, 2.05) is 30.3 Å². The molecule has 136 valence electrons. The monoisotopic (exact) mass is 361 g/mol. The van der Waals surface area contributed by atoms with Crippen LogP contribution in [0, 0.1) is 0 Å². The molecule has 0 amide bonds. The molecule has 3 aromatic rings. The molecule has 0 atom stereocenters. The predicted octanol–water partition coefficient (Wildman–Crippen LogP) is 3.97. The van der Waals surface area contributed by atoms with Crippen molar-refractivity contribution in [3.05, 3.63) is 83.7 Å². The summed E-state index contributed by atoms with van der Waals surface area (Å²) >= 11 is 0. The van der Waals surface area contributed by atoms with Crippen molar-refractivity contribution in [1.82, 2.24) is 4.98 Å². The smallest absolute Gasteiger partial charge is 0.337 e. The van der Waals surface area contributed by atoms with Crippen LogP contribution in [0.15, 0.2) is 67.0 Å². The molecule has 0 aliphatic rings. The molecular formula is C22H19NO4. The fourth-order valence-corrected chi connectivity index (χ4v) is 2.81. The number of esters is 1. The molecule has 0 aliphatic carbocycles. The van der Waals surface area contributed by atoms with E-state index in [2.05, 4.69) is 9.72 Å². The normalized spacial score (nSPS) is 10.3. The van der Waals surface area contributed by atoms with Gasteiger partial charge in [0.1, 0.15) is 5.75 Å². The third-order valence-electron chi connectivity index (χ3n) is 4.25. The molecule has 0 radical (unpaired) electrons. The van der Waals surface area contributed by atoms with Gasteiger partial charge < -0.3 is 9.47 Å². The largest absolute Gasteiger partial charge is 0.496 e. The maximum absolute atomic E-state index is 12.7. The van der Waals surface area contributed by atoms with Crippen LogP contribution in [0.2, 0.25) is 0 Å². The topological polar surface area (TPSA) is 65.5 Å². The van der Waals surface area contributed by atoms with Gasteiger partial charge in [-0.15, -0.1) is 0 Å². The Morgan fingerprint density at radius 2 is 1.67 bits per heavy atom. The van der Waals surface area contributed by atoms with Gasteiger partial charge in [-0.3, -0.25) is 9.78 Å². The molecule has 0 aliphatic heterocycles. The molecule has 0 spiro atoms. The SMILES string of the molecule is COC(=O)c1ccc(C(=O)Cc2cc(-c3cccnc3)ccc2OC)cc1. The van der Waals surface area contributed by atoms with Gasteiger partial charge in [0.25, 0.3) is 0 Å². The summed E-state index contributed by atoms with van der Waals surface area (Å²) in [5, 5.41) is 0. The van der Waals surface area contributed by atoms with Gasteiger partial charge in [0, 0.05) is 35.5 Å². The summed E-state index contributed by atoms with van der Waals surface area (Å²) in [7, 11) is 2.90. The summed E-state index contributed by atoms with van der Waals surface area (Å²) in [6.07, 6.45) is 3.68. The number of carbonyl (C=O) groups is 2. The standard InChI is InChI=1S/C22H19NO4/c1-26-21-10-9-17(18-4-3-11-23-14-18)12-19(21)13-20(24)15-5-7-16(8-6-15)22(25)27-2/h3-12,14H,13H2,1-2H3. The van der Waals surface area contributed by atoms with Gasteiger partial charge in [0.2, 0.25) is 0 Å². The Hall–Kier alpha value is -3.47. The first-order valence-corrected chi connectivity index (χ1v) is 8.41. The lowest BCUT2D eigenvalue weighted by atomic mass is 9.98. The van der Waals surface area contributed by atoms with Crippen LogP contribution in [0.3, 0.4) is 0 Å². The first-order valence-electron chi connectivity index (χ1n) is 8.41. The van der Waals surface area contributed by atoms with Crippen molar-refractivity contribution < 1.29 is 19.1 Å². The van der Waals surface area contributed by atoms with Crippen molar-refractivity contribution in [3.63, 3.8) is 0 Å². The number of aromatic nitrogens is 1. The Balaban J connectivity index is 1.85. The Labute approximate surface area is 157 Å². The number of ketones is 1. The van der Waals surface area contributed by atoms with E-state index in [1.54, 1.807) is 43.8 Å². The Bertz CT molecular complexity index is 950. The molecule has 5 nitrogen and oxygen atoms in total. The molecule has 0 N–H and O–H groups in total. The van der Waals surface area contributed by atoms with E-state index >= 15 is 0 Å². The average molecular weight is 361 g/mol. The zero-order chi connectivity index (χ0) is 19.2. The highest BCUT2D eigenvalue weighted by molar-refractivity contribution is 5.99. The van der Waals surface area contributed by atoms with Crippen molar-refractivity contribution >= 4 is 11.8 Å². The van der Waals surface area contributed by atoms with Crippen molar-refractivity contribution in [3.8, 4) is 16.9 Å². The summed E-state index contributed by atoms with van der Waals surface area (Å²) in [4.78, 5) is 28.3. The zero-order valence-electron chi connectivity index (χ0n) is 15.1. The second-order valence-electron chi connectivity index (χ2n) is 5.94. The van der Waals surface area contributed by atoms with E-state index in [0.717, 1.165) is 16.7 Å². The molecule has 5 heteroatoms. The molecule has 0 saturated heterocycles. The van der Waals surface area contributed by atoms with E-state index in [0.29, 0.717) is 16.9 Å². The van der Waals surface area contributed by atoms with Gasteiger partial charge in [-0.1, -0.05) is 24.3 Å². The molecule has 1 heterocycles. The lowest BCUT2D eigenvalue weighted by Crippen LogP contribution is -2.07. The van der Waals surface area contributed by atoms with Crippen LogP contribution in [0.5, 0.6) is 5.75 Å².